The number of rotatable bonds is 4. The van der Waals surface area contributed by atoms with Gasteiger partial charge in [-0.25, -0.2) is 4.98 Å². The lowest BCUT2D eigenvalue weighted by Gasteiger charge is -2.03. The van der Waals surface area contributed by atoms with E-state index < -0.39 is 0 Å². The molecule has 0 radical (unpaired) electrons. The van der Waals surface area contributed by atoms with E-state index in [0.29, 0.717) is 11.6 Å². The first-order valence-electron chi connectivity index (χ1n) is 3.67. The average Bonchev–Trinajstić information content (AvgIpc) is 2.09. The molecule has 0 spiro atoms. The van der Waals surface area contributed by atoms with Gasteiger partial charge in [0.1, 0.15) is 5.82 Å². The molecule has 0 aliphatic rings. The minimum atomic E-state index is 0.646. The number of methoxy groups -OCH3 is 1. The second kappa shape index (κ2) is 4.95. The number of hydrogen-bond donors (Lipinski definition) is 1. The minimum Gasteiger partial charge on any atom is -0.383 e. The van der Waals surface area contributed by atoms with Gasteiger partial charge in [0, 0.05) is 19.9 Å². The van der Waals surface area contributed by atoms with Crippen LogP contribution in [0.25, 0.3) is 0 Å². The second-order valence-electron chi connectivity index (χ2n) is 2.28. The second-order valence-corrected chi connectivity index (χ2v) is 2.72. The zero-order valence-corrected chi connectivity index (χ0v) is 7.64. The van der Waals surface area contributed by atoms with Gasteiger partial charge in [0.25, 0.3) is 0 Å². The molecule has 0 aliphatic heterocycles. The Morgan fingerprint density at radius 3 is 3.00 bits per heavy atom. The van der Waals surface area contributed by atoms with Gasteiger partial charge in [-0.15, -0.1) is 0 Å². The molecule has 1 rings (SSSR count). The van der Waals surface area contributed by atoms with Gasteiger partial charge in [-0.2, -0.15) is 0 Å². The third kappa shape index (κ3) is 3.07. The monoisotopic (exact) mass is 186 g/mol. The van der Waals surface area contributed by atoms with Crippen LogP contribution in [-0.2, 0) is 4.74 Å². The summed E-state index contributed by atoms with van der Waals surface area (Å²) < 4.78 is 4.87. The number of aromatic nitrogens is 1. The zero-order valence-electron chi connectivity index (χ0n) is 6.88. The van der Waals surface area contributed by atoms with Crippen LogP contribution in [0.4, 0.5) is 5.82 Å². The summed E-state index contributed by atoms with van der Waals surface area (Å²) in [7, 11) is 1.66. The minimum absolute atomic E-state index is 0.646. The number of hydrogen-bond acceptors (Lipinski definition) is 3. The molecule has 1 aromatic heterocycles. The summed E-state index contributed by atoms with van der Waals surface area (Å²) >= 11 is 5.66. The van der Waals surface area contributed by atoms with Gasteiger partial charge in [-0.3, -0.25) is 0 Å². The predicted octanol–water partition coefficient (Wildman–Crippen LogP) is 1.79. The van der Waals surface area contributed by atoms with E-state index in [1.54, 1.807) is 19.4 Å². The molecule has 66 valence electrons. The van der Waals surface area contributed by atoms with E-state index in [-0.39, 0.29) is 0 Å². The van der Waals surface area contributed by atoms with E-state index in [4.69, 9.17) is 16.3 Å². The summed E-state index contributed by atoms with van der Waals surface area (Å²) in [6.07, 6.45) is 1.61. The van der Waals surface area contributed by atoms with Gasteiger partial charge in [0.2, 0.25) is 0 Å². The van der Waals surface area contributed by atoms with Crippen molar-refractivity contribution in [2.24, 2.45) is 0 Å². The highest BCUT2D eigenvalue weighted by atomic mass is 35.5. The molecule has 3 nitrogen and oxygen atoms in total. The van der Waals surface area contributed by atoms with Gasteiger partial charge in [0.15, 0.2) is 0 Å². The lowest BCUT2D eigenvalue weighted by Crippen LogP contribution is -2.08. The van der Waals surface area contributed by atoms with Crippen molar-refractivity contribution < 1.29 is 4.74 Å². The van der Waals surface area contributed by atoms with Crippen LogP contribution in [0.3, 0.4) is 0 Å². The molecule has 0 unspecified atom stereocenters. The molecular weight excluding hydrogens is 176 g/mol. The van der Waals surface area contributed by atoms with Crippen LogP contribution >= 0.6 is 11.6 Å². The average molecular weight is 187 g/mol. The smallest absolute Gasteiger partial charge is 0.126 e. The van der Waals surface area contributed by atoms with E-state index in [0.717, 1.165) is 12.4 Å². The first-order valence-corrected chi connectivity index (χ1v) is 4.05. The van der Waals surface area contributed by atoms with Crippen molar-refractivity contribution in [1.82, 2.24) is 4.98 Å². The molecular formula is C8H11ClN2O. The van der Waals surface area contributed by atoms with Crippen LogP contribution in [0.5, 0.6) is 0 Å². The van der Waals surface area contributed by atoms with Gasteiger partial charge >= 0.3 is 0 Å². The summed E-state index contributed by atoms with van der Waals surface area (Å²) in [5.74, 6) is 0.816. The molecule has 0 atom stereocenters. The van der Waals surface area contributed by atoms with Gasteiger partial charge in [0.05, 0.1) is 11.6 Å². The van der Waals surface area contributed by atoms with Crippen molar-refractivity contribution in [3.05, 3.63) is 23.4 Å². The fourth-order valence-electron chi connectivity index (χ4n) is 0.762. The maximum Gasteiger partial charge on any atom is 0.126 e. The Balaban J connectivity index is 2.37. The summed E-state index contributed by atoms with van der Waals surface area (Å²) in [5, 5.41) is 3.72. The number of anilines is 1. The van der Waals surface area contributed by atoms with Crippen molar-refractivity contribution >= 4 is 17.4 Å². The van der Waals surface area contributed by atoms with Gasteiger partial charge < -0.3 is 10.1 Å². The Morgan fingerprint density at radius 1 is 1.58 bits per heavy atom. The van der Waals surface area contributed by atoms with E-state index in [1.807, 2.05) is 6.07 Å². The standard InChI is InChI=1S/C8H11ClN2O/c1-12-5-4-10-8-3-2-7(9)6-11-8/h2-3,6H,4-5H2,1H3,(H,10,11). The molecule has 0 saturated carbocycles. The zero-order chi connectivity index (χ0) is 8.81. The van der Waals surface area contributed by atoms with Crippen LogP contribution < -0.4 is 5.32 Å². The highest BCUT2D eigenvalue weighted by Crippen LogP contribution is 2.08. The molecule has 0 aliphatic carbocycles. The lowest BCUT2D eigenvalue weighted by molar-refractivity contribution is 0.210. The Bertz CT molecular complexity index is 225. The molecule has 0 fully saturated rings. The number of nitrogens with zero attached hydrogens (tertiary/aromatic N) is 1. The largest absolute Gasteiger partial charge is 0.383 e. The topological polar surface area (TPSA) is 34.1 Å². The fourth-order valence-corrected chi connectivity index (χ4v) is 0.873. The predicted molar refractivity (Wildman–Crippen MR) is 49.6 cm³/mol. The molecule has 1 heterocycles. The summed E-state index contributed by atoms with van der Waals surface area (Å²) in [6, 6.07) is 3.63. The molecule has 0 bridgehead atoms. The van der Waals surface area contributed by atoms with Crippen molar-refractivity contribution in [3.8, 4) is 0 Å². The van der Waals surface area contributed by atoms with Crippen molar-refractivity contribution in [2.75, 3.05) is 25.6 Å². The maximum atomic E-state index is 5.66. The highest BCUT2D eigenvalue weighted by molar-refractivity contribution is 6.30. The number of nitrogens with one attached hydrogen (secondary N) is 1. The van der Waals surface area contributed by atoms with E-state index >= 15 is 0 Å². The third-order valence-corrected chi connectivity index (χ3v) is 1.56. The third-order valence-electron chi connectivity index (χ3n) is 1.34. The molecule has 0 saturated heterocycles. The number of ether oxygens (including phenoxy) is 1. The van der Waals surface area contributed by atoms with Crippen molar-refractivity contribution in [2.45, 2.75) is 0 Å². The Hall–Kier alpha value is -0.800. The summed E-state index contributed by atoms with van der Waals surface area (Å²) in [5.41, 5.74) is 0. The molecule has 0 aromatic carbocycles. The number of halogens is 1. The lowest BCUT2D eigenvalue weighted by atomic mass is 10.4. The normalized spacial score (nSPS) is 9.83. The van der Waals surface area contributed by atoms with Gasteiger partial charge in [-0.05, 0) is 12.1 Å². The van der Waals surface area contributed by atoms with Crippen LogP contribution in [0.15, 0.2) is 18.3 Å². The Morgan fingerprint density at radius 2 is 2.42 bits per heavy atom. The van der Waals surface area contributed by atoms with Crippen LogP contribution in [0.1, 0.15) is 0 Å². The molecule has 1 N–H and O–H groups in total. The Labute approximate surface area is 76.7 Å². The van der Waals surface area contributed by atoms with Crippen LogP contribution in [0, 0.1) is 0 Å². The van der Waals surface area contributed by atoms with Crippen LogP contribution in [-0.4, -0.2) is 25.2 Å². The molecule has 0 amide bonds. The molecule has 1 aromatic rings. The van der Waals surface area contributed by atoms with E-state index in [9.17, 15) is 0 Å². The summed E-state index contributed by atoms with van der Waals surface area (Å²) in [6.45, 7) is 1.43. The highest BCUT2D eigenvalue weighted by Gasteiger charge is 1.91. The van der Waals surface area contributed by atoms with E-state index in [2.05, 4.69) is 10.3 Å². The molecule has 12 heavy (non-hydrogen) atoms. The van der Waals surface area contributed by atoms with Crippen molar-refractivity contribution in [1.29, 1.82) is 0 Å². The maximum absolute atomic E-state index is 5.66. The first kappa shape index (κ1) is 9.29. The van der Waals surface area contributed by atoms with Crippen LogP contribution in [0.2, 0.25) is 5.02 Å². The first-order chi connectivity index (χ1) is 5.83. The number of pyridine rings is 1. The fraction of sp³-hybridized carbons (Fsp3) is 0.375. The SMILES string of the molecule is COCCNc1ccc(Cl)cn1. The summed E-state index contributed by atoms with van der Waals surface area (Å²) in [4.78, 5) is 4.05. The quantitative estimate of drug-likeness (QED) is 0.729. The van der Waals surface area contributed by atoms with E-state index in [1.165, 1.54) is 0 Å². The molecule has 4 heteroatoms. The Kier molecular flexibility index (Phi) is 3.84. The van der Waals surface area contributed by atoms with Gasteiger partial charge in [-0.1, -0.05) is 11.6 Å². The van der Waals surface area contributed by atoms with Crippen molar-refractivity contribution in [3.63, 3.8) is 0 Å².